The minimum absolute atomic E-state index is 0.0740. The van der Waals surface area contributed by atoms with Crippen molar-refractivity contribution in [3.05, 3.63) is 42.4 Å². The van der Waals surface area contributed by atoms with E-state index >= 15 is 0 Å². The largest absolute Gasteiger partial charge is 0.470 e. The van der Waals surface area contributed by atoms with E-state index in [9.17, 15) is 14.1 Å². The molecule has 0 aliphatic heterocycles. The van der Waals surface area contributed by atoms with Crippen LogP contribution in [0.2, 0.25) is 0 Å². The lowest BCUT2D eigenvalue weighted by atomic mass is 9.77. The van der Waals surface area contributed by atoms with Crippen LogP contribution in [0.1, 0.15) is 38.7 Å². The van der Waals surface area contributed by atoms with Gasteiger partial charge in [-0.05, 0) is 74.7 Å². The number of Topliss-reactive ketones (excluding diaryl/α,β-unsaturated/α-hetero) is 1. The molecule has 5 atom stereocenters. The first-order valence-electron chi connectivity index (χ1n) is 11.9. The Bertz CT molecular complexity index is 1380. The molecule has 4 rings (SSSR count). The zero-order valence-electron chi connectivity index (χ0n) is 21.0. The summed E-state index contributed by atoms with van der Waals surface area (Å²) in [6.45, 7) is 5.46. The number of aliphatic hydroxyl groups excluding tert-OH is 1. The van der Waals surface area contributed by atoms with Crippen LogP contribution in [-0.4, -0.2) is 54.4 Å². The number of carbonyl (C=O) groups excluding carboxylic acids is 1. The predicted molar refractivity (Wildman–Crippen MR) is 144 cm³/mol. The van der Waals surface area contributed by atoms with Gasteiger partial charge in [0.2, 0.25) is 5.88 Å². The third-order valence-corrected chi connectivity index (χ3v) is 7.37. The number of rotatable bonds is 8. The summed E-state index contributed by atoms with van der Waals surface area (Å²) < 4.78 is 21.2. The van der Waals surface area contributed by atoms with Gasteiger partial charge in [0.25, 0.3) is 0 Å². The lowest BCUT2D eigenvalue weighted by Crippen LogP contribution is -2.40. The van der Waals surface area contributed by atoms with Crippen LogP contribution >= 0.6 is 0 Å². The maximum absolute atomic E-state index is 12.1. The molecule has 0 radical (unpaired) electrons. The van der Waals surface area contributed by atoms with Crippen LogP contribution in [0.15, 0.2) is 36.8 Å². The highest BCUT2D eigenvalue weighted by Gasteiger charge is 2.35. The first-order chi connectivity index (χ1) is 17.0. The van der Waals surface area contributed by atoms with Crippen molar-refractivity contribution in [1.29, 1.82) is 0 Å². The first-order valence-corrected chi connectivity index (χ1v) is 14.1. The standard InChI is InChI=1S/C26H33N5O4S/c1-15-11-19(31-36(4,5)34)13-21-24(15)25(29-14-28-21)30-20-7-6-10-27-26(20)35-23-9-8-18(12-22(23)33)16(2)17(3)32/h6-7,10-11,13-14,16,18,22-23,33H,4,8-9,12H2,1-3,5H3,(H,31,34)(H,28,29,30). The zero-order chi connectivity index (χ0) is 26.0. The number of ether oxygens (including phenoxy) is 1. The number of fused-ring (bicyclic) bond motifs is 1. The highest BCUT2D eigenvalue weighted by Crippen LogP contribution is 2.36. The van der Waals surface area contributed by atoms with E-state index in [2.05, 4.69) is 30.9 Å². The molecular weight excluding hydrogens is 478 g/mol. The molecule has 1 aromatic carbocycles. The van der Waals surface area contributed by atoms with E-state index < -0.39 is 21.9 Å². The molecule has 0 spiro atoms. The van der Waals surface area contributed by atoms with Gasteiger partial charge in [-0.25, -0.2) is 19.2 Å². The minimum Gasteiger partial charge on any atom is -0.470 e. The molecule has 0 saturated heterocycles. The number of pyridine rings is 1. The van der Waals surface area contributed by atoms with Gasteiger partial charge in [0.15, 0.2) is 0 Å². The average Bonchev–Trinajstić information content (AvgIpc) is 2.79. The normalized spacial score (nSPS) is 22.4. The highest BCUT2D eigenvalue weighted by atomic mass is 32.2. The highest BCUT2D eigenvalue weighted by molar-refractivity contribution is 8.00. The first kappa shape index (κ1) is 25.8. The Morgan fingerprint density at radius 1 is 1.28 bits per heavy atom. The Balaban J connectivity index is 1.57. The number of nitrogens with one attached hydrogen (secondary N) is 2. The molecule has 1 saturated carbocycles. The number of benzene rings is 1. The van der Waals surface area contributed by atoms with Crippen LogP contribution in [0.3, 0.4) is 0 Å². The monoisotopic (exact) mass is 511 g/mol. The van der Waals surface area contributed by atoms with Crippen LogP contribution < -0.4 is 14.8 Å². The van der Waals surface area contributed by atoms with Crippen LogP contribution in [-0.2, 0) is 14.5 Å². The fourth-order valence-electron chi connectivity index (χ4n) is 4.72. The van der Waals surface area contributed by atoms with Crippen LogP contribution in [0.5, 0.6) is 5.88 Å². The van der Waals surface area contributed by atoms with Gasteiger partial charge in [-0.15, -0.1) is 0 Å². The van der Waals surface area contributed by atoms with Gasteiger partial charge in [-0.3, -0.25) is 4.79 Å². The van der Waals surface area contributed by atoms with Crippen molar-refractivity contribution in [2.75, 3.05) is 16.3 Å². The Hall–Kier alpha value is -3.24. The summed E-state index contributed by atoms with van der Waals surface area (Å²) >= 11 is 0. The molecule has 9 nitrogen and oxygen atoms in total. The van der Waals surface area contributed by atoms with Crippen molar-refractivity contribution in [3.63, 3.8) is 0 Å². The maximum Gasteiger partial charge on any atom is 0.238 e. The van der Waals surface area contributed by atoms with Crippen molar-refractivity contribution in [3.8, 4) is 5.88 Å². The van der Waals surface area contributed by atoms with Crippen molar-refractivity contribution in [2.45, 2.75) is 52.2 Å². The molecule has 1 fully saturated rings. The molecule has 36 heavy (non-hydrogen) atoms. The lowest BCUT2D eigenvalue weighted by Gasteiger charge is -2.35. The number of hydrogen-bond donors (Lipinski definition) is 3. The van der Waals surface area contributed by atoms with Crippen LogP contribution in [0.4, 0.5) is 17.2 Å². The summed E-state index contributed by atoms with van der Waals surface area (Å²) in [6.07, 6.45) is 5.49. The number of aliphatic hydroxyl groups is 1. The second kappa shape index (κ2) is 10.4. The van der Waals surface area contributed by atoms with Crippen molar-refractivity contribution >= 4 is 49.5 Å². The zero-order valence-corrected chi connectivity index (χ0v) is 21.8. The van der Waals surface area contributed by atoms with Gasteiger partial charge in [-0.1, -0.05) is 6.92 Å². The quantitative estimate of drug-likeness (QED) is 0.389. The van der Waals surface area contributed by atoms with Crippen LogP contribution in [0, 0.1) is 18.8 Å². The molecule has 1 aliphatic rings. The van der Waals surface area contributed by atoms with E-state index in [1.165, 1.54) is 12.6 Å². The number of nitrogens with zero attached hydrogens (tertiary/aromatic N) is 3. The van der Waals surface area contributed by atoms with E-state index in [0.29, 0.717) is 41.4 Å². The SMILES string of the molecule is C=S(C)(=O)Nc1cc(C)c2c(Nc3cccnc3OC3CCC(C(C)C(C)=O)CC3O)ncnc2c1. The van der Waals surface area contributed by atoms with Gasteiger partial charge in [0, 0.05) is 39.2 Å². The molecule has 3 aromatic rings. The molecule has 2 aromatic heterocycles. The Morgan fingerprint density at radius 2 is 2.06 bits per heavy atom. The lowest BCUT2D eigenvalue weighted by molar-refractivity contribution is -0.123. The van der Waals surface area contributed by atoms with E-state index in [0.717, 1.165) is 17.4 Å². The Morgan fingerprint density at radius 3 is 2.75 bits per heavy atom. The summed E-state index contributed by atoms with van der Waals surface area (Å²) in [5, 5.41) is 14.9. The smallest absolute Gasteiger partial charge is 0.238 e. The third kappa shape index (κ3) is 5.93. The summed E-state index contributed by atoms with van der Waals surface area (Å²) in [4.78, 5) is 25.0. The average molecular weight is 512 g/mol. The number of aromatic nitrogens is 3. The fourth-order valence-corrected chi connectivity index (χ4v) is 5.34. The molecule has 5 unspecified atom stereocenters. The van der Waals surface area contributed by atoms with Gasteiger partial charge in [0.1, 0.15) is 29.7 Å². The Labute approximate surface area is 211 Å². The summed E-state index contributed by atoms with van der Waals surface area (Å²) in [5.41, 5.74) is 2.85. The van der Waals surface area contributed by atoms with E-state index in [4.69, 9.17) is 4.74 Å². The Kier molecular flexibility index (Phi) is 7.46. The molecule has 3 N–H and O–H groups in total. The van der Waals surface area contributed by atoms with Gasteiger partial charge >= 0.3 is 0 Å². The third-order valence-electron chi connectivity index (χ3n) is 6.70. The minimum atomic E-state index is -2.43. The molecule has 192 valence electrons. The van der Waals surface area contributed by atoms with Gasteiger partial charge < -0.3 is 19.9 Å². The van der Waals surface area contributed by atoms with E-state index in [1.54, 1.807) is 25.3 Å². The molecule has 2 heterocycles. The second-order valence-corrected chi connectivity index (χ2v) is 11.9. The molecule has 10 heteroatoms. The summed E-state index contributed by atoms with van der Waals surface area (Å²) in [6, 6.07) is 7.32. The second-order valence-electron chi connectivity index (χ2n) is 9.69. The maximum atomic E-state index is 12.1. The molecule has 0 bridgehead atoms. The molecular formula is C26H33N5O4S. The number of ketones is 1. The van der Waals surface area contributed by atoms with Crippen molar-refractivity contribution < 1.29 is 18.8 Å². The summed E-state index contributed by atoms with van der Waals surface area (Å²) in [7, 11) is -2.43. The van der Waals surface area contributed by atoms with Crippen molar-refractivity contribution in [1.82, 2.24) is 15.0 Å². The number of anilines is 3. The topological polar surface area (TPSA) is 126 Å². The number of aryl methyl sites for hydroxylation is 1. The molecule has 1 aliphatic carbocycles. The summed E-state index contributed by atoms with van der Waals surface area (Å²) in [5.74, 6) is 4.82. The predicted octanol–water partition coefficient (Wildman–Crippen LogP) is 3.88. The van der Waals surface area contributed by atoms with Gasteiger partial charge in [-0.2, -0.15) is 0 Å². The van der Waals surface area contributed by atoms with E-state index in [-0.39, 0.29) is 17.6 Å². The molecule has 0 amide bonds. The van der Waals surface area contributed by atoms with E-state index in [1.807, 2.05) is 26.0 Å². The van der Waals surface area contributed by atoms with Gasteiger partial charge in [0.05, 0.1) is 11.6 Å². The van der Waals surface area contributed by atoms with Crippen LogP contribution in [0.25, 0.3) is 10.9 Å². The fraction of sp³-hybridized carbons (Fsp3) is 0.423. The number of carbonyl (C=O) groups is 1. The number of hydrogen-bond acceptors (Lipinski definition) is 8. The van der Waals surface area contributed by atoms with Crippen molar-refractivity contribution in [2.24, 2.45) is 11.8 Å².